The van der Waals surface area contributed by atoms with Crippen LogP contribution in [0.5, 0.6) is 5.75 Å². The SMILES string of the molecule is COc1ccc(CN2N=C3CCN(C4CN5CCC4CC5)C(=O)C4=CC=NC2C43)cc1. The van der Waals surface area contributed by atoms with E-state index in [9.17, 15) is 4.79 Å². The third-order valence-corrected chi connectivity index (χ3v) is 7.69. The smallest absolute Gasteiger partial charge is 0.250 e. The number of carbonyl (C=O) groups is 1. The second-order valence-electron chi connectivity index (χ2n) is 9.30. The van der Waals surface area contributed by atoms with Gasteiger partial charge < -0.3 is 14.5 Å². The predicted octanol–water partition coefficient (Wildman–Crippen LogP) is 2.15. The largest absolute Gasteiger partial charge is 0.497 e. The molecule has 1 aromatic carbocycles. The number of aliphatic imine (C=N–C) groups is 1. The van der Waals surface area contributed by atoms with E-state index in [0.717, 1.165) is 42.1 Å². The first kappa shape index (κ1) is 19.0. The molecule has 7 heteroatoms. The zero-order chi connectivity index (χ0) is 20.9. The lowest BCUT2D eigenvalue weighted by molar-refractivity contribution is -0.133. The van der Waals surface area contributed by atoms with E-state index in [4.69, 9.17) is 14.8 Å². The molecular weight excluding hydrogens is 390 g/mol. The van der Waals surface area contributed by atoms with Crippen molar-refractivity contribution in [2.24, 2.45) is 21.9 Å². The van der Waals surface area contributed by atoms with Gasteiger partial charge in [0.25, 0.3) is 5.91 Å². The third-order valence-electron chi connectivity index (χ3n) is 7.69. The summed E-state index contributed by atoms with van der Waals surface area (Å²) in [5, 5.41) is 7.05. The molecule has 3 unspecified atom stereocenters. The summed E-state index contributed by atoms with van der Waals surface area (Å²) in [5.74, 6) is 1.69. The molecule has 0 N–H and O–H groups in total. The van der Waals surface area contributed by atoms with Gasteiger partial charge in [-0.05, 0) is 55.6 Å². The molecule has 0 aromatic heterocycles. The van der Waals surface area contributed by atoms with E-state index in [-0.39, 0.29) is 18.0 Å². The lowest BCUT2D eigenvalue weighted by atomic mass is 9.82. The third kappa shape index (κ3) is 3.17. The highest BCUT2D eigenvalue weighted by atomic mass is 16.5. The molecule has 162 valence electrons. The maximum Gasteiger partial charge on any atom is 0.250 e. The summed E-state index contributed by atoms with van der Waals surface area (Å²) in [7, 11) is 1.68. The number of dihydropyridines is 1. The number of benzene rings is 1. The van der Waals surface area contributed by atoms with Crippen LogP contribution in [0.4, 0.5) is 0 Å². The van der Waals surface area contributed by atoms with Crippen molar-refractivity contribution in [3.8, 4) is 5.75 Å². The Labute approximate surface area is 183 Å². The van der Waals surface area contributed by atoms with E-state index in [2.05, 4.69) is 26.9 Å². The van der Waals surface area contributed by atoms with Gasteiger partial charge >= 0.3 is 0 Å². The van der Waals surface area contributed by atoms with Crippen molar-refractivity contribution >= 4 is 17.8 Å². The van der Waals surface area contributed by atoms with Crippen molar-refractivity contribution < 1.29 is 9.53 Å². The Kier molecular flexibility index (Phi) is 4.60. The van der Waals surface area contributed by atoms with Gasteiger partial charge in [-0.2, -0.15) is 5.10 Å². The van der Waals surface area contributed by atoms with Crippen molar-refractivity contribution in [3.05, 3.63) is 41.5 Å². The molecule has 6 heterocycles. The van der Waals surface area contributed by atoms with Crippen LogP contribution in [0.3, 0.4) is 0 Å². The molecule has 0 aliphatic carbocycles. The highest BCUT2D eigenvalue weighted by Gasteiger charge is 2.48. The molecule has 6 aliphatic heterocycles. The van der Waals surface area contributed by atoms with Gasteiger partial charge in [-0.25, -0.2) is 0 Å². The summed E-state index contributed by atoms with van der Waals surface area (Å²) in [6.07, 6.45) is 6.91. The summed E-state index contributed by atoms with van der Waals surface area (Å²) >= 11 is 0. The summed E-state index contributed by atoms with van der Waals surface area (Å²) in [6.45, 7) is 4.86. The van der Waals surface area contributed by atoms with Gasteiger partial charge in [0.2, 0.25) is 0 Å². The van der Waals surface area contributed by atoms with E-state index in [1.807, 2.05) is 24.4 Å². The fourth-order valence-corrected chi connectivity index (χ4v) is 6.01. The van der Waals surface area contributed by atoms with Crippen molar-refractivity contribution in [3.63, 3.8) is 0 Å². The number of nitrogens with zero attached hydrogens (tertiary/aromatic N) is 5. The Morgan fingerprint density at radius 3 is 2.65 bits per heavy atom. The second-order valence-corrected chi connectivity index (χ2v) is 9.30. The number of methoxy groups -OCH3 is 1. The predicted molar refractivity (Wildman–Crippen MR) is 119 cm³/mol. The topological polar surface area (TPSA) is 60.7 Å². The molecule has 0 radical (unpaired) electrons. The van der Waals surface area contributed by atoms with Gasteiger partial charge in [0, 0.05) is 37.3 Å². The molecule has 0 spiro atoms. The summed E-state index contributed by atoms with van der Waals surface area (Å²) in [4.78, 5) is 23.1. The lowest BCUT2D eigenvalue weighted by Gasteiger charge is -2.49. The fourth-order valence-electron chi connectivity index (χ4n) is 6.01. The quantitative estimate of drug-likeness (QED) is 0.750. The Bertz CT molecular complexity index is 961. The minimum Gasteiger partial charge on any atom is -0.497 e. The maximum atomic E-state index is 13.7. The van der Waals surface area contributed by atoms with Crippen LogP contribution in [-0.4, -0.2) is 78.1 Å². The number of hydrogen-bond donors (Lipinski definition) is 0. The van der Waals surface area contributed by atoms with E-state index < -0.39 is 0 Å². The monoisotopic (exact) mass is 419 g/mol. The molecule has 0 saturated carbocycles. The maximum absolute atomic E-state index is 13.7. The number of amides is 1. The Morgan fingerprint density at radius 1 is 1.13 bits per heavy atom. The number of likely N-dealkylation sites (tertiary alicyclic amines) is 1. The molecule has 4 saturated heterocycles. The molecule has 4 fully saturated rings. The first-order valence-corrected chi connectivity index (χ1v) is 11.4. The van der Waals surface area contributed by atoms with Crippen LogP contribution in [0.15, 0.2) is 46.0 Å². The van der Waals surface area contributed by atoms with Crippen LogP contribution < -0.4 is 4.74 Å². The van der Waals surface area contributed by atoms with Crippen LogP contribution in [0.1, 0.15) is 24.8 Å². The number of allylic oxidation sites excluding steroid dienone is 1. The number of piperidine rings is 3. The Morgan fingerprint density at radius 2 is 1.94 bits per heavy atom. The fraction of sp³-hybridized carbons (Fsp3) is 0.542. The molecule has 3 atom stereocenters. The number of fused-ring (bicyclic) bond motifs is 3. The standard InChI is InChI=1S/C24H29N5O2/c1-31-18-4-2-16(3-5-18)14-29-23-22-19(6-10-25-23)24(30)28(13-9-20(22)26-29)21-15-27-11-7-17(21)8-12-27/h2-6,10,17,21-23H,7-9,11-15H2,1H3. The van der Waals surface area contributed by atoms with Gasteiger partial charge in [-0.15, -0.1) is 0 Å². The lowest BCUT2D eigenvalue weighted by Crippen LogP contribution is -2.59. The average Bonchev–Trinajstić information content (AvgIpc) is 3.10. The number of carbonyl (C=O) groups excluding carboxylic acids is 1. The molecule has 6 aliphatic rings. The summed E-state index contributed by atoms with van der Waals surface area (Å²) in [6, 6.07) is 8.43. The number of ether oxygens (including phenoxy) is 1. The van der Waals surface area contributed by atoms with Crippen LogP contribution in [0.25, 0.3) is 0 Å². The minimum absolute atomic E-state index is 0.0122. The van der Waals surface area contributed by atoms with Crippen molar-refractivity contribution in [2.45, 2.75) is 38.0 Å². The van der Waals surface area contributed by atoms with Gasteiger partial charge in [0.15, 0.2) is 0 Å². The Balaban J connectivity index is 1.25. The van der Waals surface area contributed by atoms with Crippen molar-refractivity contribution in [1.82, 2.24) is 14.8 Å². The van der Waals surface area contributed by atoms with E-state index in [1.54, 1.807) is 7.11 Å². The van der Waals surface area contributed by atoms with Crippen LogP contribution in [-0.2, 0) is 11.3 Å². The highest BCUT2D eigenvalue weighted by molar-refractivity contribution is 6.08. The average molecular weight is 420 g/mol. The van der Waals surface area contributed by atoms with Crippen molar-refractivity contribution in [2.75, 3.05) is 33.3 Å². The molecular formula is C24H29N5O2. The number of hydrazone groups is 1. The van der Waals surface area contributed by atoms with Crippen LogP contribution in [0, 0.1) is 11.8 Å². The normalized spacial score (nSPS) is 33.7. The molecule has 1 aromatic rings. The van der Waals surface area contributed by atoms with E-state index >= 15 is 0 Å². The molecule has 1 amide bonds. The zero-order valence-electron chi connectivity index (χ0n) is 18.0. The van der Waals surface area contributed by atoms with Crippen molar-refractivity contribution in [1.29, 1.82) is 0 Å². The summed E-state index contributed by atoms with van der Waals surface area (Å²) in [5.41, 5.74) is 3.15. The molecule has 2 bridgehead atoms. The molecule has 7 rings (SSSR count). The molecule has 7 nitrogen and oxygen atoms in total. The minimum atomic E-state index is -0.118. The summed E-state index contributed by atoms with van der Waals surface area (Å²) < 4.78 is 5.27. The number of hydrogen-bond acceptors (Lipinski definition) is 6. The highest BCUT2D eigenvalue weighted by Crippen LogP contribution is 2.39. The molecule has 31 heavy (non-hydrogen) atoms. The van der Waals surface area contributed by atoms with Gasteiger partial charge in [-0.3, -0.25) is 14.8 Å². The van der Waals surface area contributed by atoms with E-state index in [0.29, 0.717) is 18.5 Å². The number of rotatable bonds is 4. The first-order valence-electron chi connectivity index (χ1n) is 11.4. The van der Waals surface area contributed by atoms with Crippen LogP contribution >= 0.6 is 0 Å². The van der Waals surface area contributed by atoms with Crippen LogP contribution in [0.2, 0.25) is 0 Å². The zero-order valence-corrected chi connectivity index (χ0v) is 18.0. The van der Waals surface area contributed by atoms with Gasteiger partial charge in [0.05, 0.1) is 25.3 Å². The van der Waals surface area contributed by atoms with Gasteiger partial charge in [0.1, 0.15) is 11.9 Å². The first-order chi connectivity index (χ1) is 15.2. The van der Waals surface area contributed by atoms with Gasteiger partial charge in [-0.1, -0.05) is 12.1 Å². The Hall–Kier alpha value is -2.67. The second kappa shape index (κ2) is 7.48. The van der Waals surface area contributed by atoms with E-state index in [1.165, 1.54) is 25.9 Å².